The van der Waals surface area contributed by atoms with E-state index in [0.29, 0.717) is 0 Å². The zero-order valence-corrected chi connectivity index (χ0v) is 10.1. The van der Waals surface area contributed by atoms with Gasteiger partial charge in [0.1, 0.15) is 5.65 Å². The van der Waals surface area contributed by atoms with E-state index in [4.69, 9.17) is 11.6 Å². The molecular formula is C14H11ClN2. The molecule has 0 aliphatic heterocycles. The number of hydrogen-bond acceptors (Lipinski definition) is 1. The van der Waals surface area contributed by atoms with Gasteiger partial charge in [0.2, 0.25) is 0 Å². The van der Waals surface area contributed by atoms with Gasteiger partial charge in [-0.3, -0.25) is 0 Å². The molecule has 0 unspecified atom stereocenters. The van der Waals surface area contributed by atoms with Gasteiger partial charge in [0, 0.05) is 18.0 Å². The van der Waals surface area contributed by atoms with Crippen LogP contribution in [0.3, 0.4) is 0 Å². The summed E-state index contributed by atoms with van der Waals surface area (Å²) in [6, 6.07) is 11.8. The summed E-state index contributed by atoms with van der Waals surface area (Å²) in [5.74, 6) is 0. The molecule has 17 heavy (non-hydrogen) atoms. The van der Waals surface area contributed by atoms with Gasteiger partial charge in [-0.05, 0) is 24.6 Å². The summed E-state index contributed by atoms with van der Waals surface area (Å²) in [5.41, 5.74) is 4.01. The largest absolute Gasteiger partial charge is 0.306 e. The van der Waals surface area contributed by atoms with Gasteiger partial charge in [0.15, 0.2) is 0 Å². The monoisotopic (exact) mass is 242 g/mol. The normalized spacial score (nSPS) is 10.9. The van der Waals surface area contributed by atoms with Crippen LogP contribution >= 0.6 is 11.6 Å². The molecule has 0 spiro atoms. The lowest BCUT2D eigenvalue weighted by Gasteiger charge is -1.97. The number of rotatable bonds is 1. The first kappa shape index (κ1) is 10.4. The van der Waals surface area contributed by atoms with Crippen molar-refractivity contribution in [3.8, 4) is 11.3 Å². The molecule has 3 aromatic rings. The maximum absolute atomic E-state index is 6.18. The number of nitrogens with zero attached hydrogens (tertiary/aromatic N) is 2. The molecule has 84 valence electrons. The second-order valence-corrected chi connectivity index (χ2v) is 4.44. The third-order valence-corrected chi connectivity index (χ3v) is 3.16. The van der Waals surface area contributed by atoms with E-state index in [9.17, 15) is 0 Å². The Hall–Kier alpha value is -1.80. The number of hydrogen-bond donors (Lipinski definition) is 0. The number of aromatic nitrogens is 2. The highest BCUT2D eigenvalue weighted by atomic mass is 35.5. The number of aryl methyl sites for hydroxylation is 1. The molecule has 0 bridgehead atoms. The maximum Gasteiger partial charge on any atom is 0.140 e. The molecule has 0 aliphatic rings. The van der Waals surface area contributed by atoms with Gasteiger partial charge in [0.25, 0.3) is 0 Å². The minimum absolute atomic E-state index is 0.730. The lowest BCUT2D eigenvalue weighted by Crippen LogP contribution is -1.83. The Morgan fingerprint density at radius 3 is 2.71 bits per heavy atom. The molecule has 0 fully saturated rings. The van der Waals surface area contributed by atoms with Crippen LogP contribution in [0, 0.1) is 6.92 Å². The van der Waals surface area contributed by atoms with Crippen LogP contribution in [0.15, 0.2) is 48.8 Å². The lowest BCUT2D eigenvalue weighted by atomic mass is 10.2. The van der Waals surface area contributed by atoms with Crippen molar-refractivity contribution in [1.82, 2.24) is 9.38 Å². The third-order valence-electron chi connectivity index (χ3n) is 2.83. The summed E-state index contributed by atoms with van der Waals surface area (Å²) < 4.78 is 2.02. The Morgan fingerprint density at radius 2 is 1.94 bits per heavy atom. The van der Waals surface area contributed by atoms with Gasteiger partial charge >= 0.3 is 0 Å². The van der Waals surface area contributed by atoms with E-state index in [1.807, 2.05) is 47.1 Å². The number of pyridine rings is 1. The molecule has 1 aromatic carbocycles. The van der Waals surface area contributed by atoms with Crippen LogP contribution in [0.1, 0.15) is 5.56 Å². The third kappa shape index (κ3) is 1.71. The summed E-state index contributed by atoms with van der Waals surface area (Å²) in [4.78, 5) is 4.62. The van der Waals surface area contributed by atoms with Gasteiger partial charge in [-0.2, -0.15) is 0 Å². The smallest absolute Gasteiger partial charge is 0.140 e. The van der Waals surface area contributed by atoms with E-state index >= 15 is 0 Å². The lowest BCUT2D eigenvalue weighted by molar-refractivity contribution is 1.16. The molecular weight excluding hydrogens is 232 g/mol. The maximum atomic E-state index is 6.18. The van der Waals surface area contributed by atoms with Crippen LogP contribution in [0.25, 0.3) is 16.9 Å². The van der Waals surface area contributed by atoms with Crippen LogP contribution in [-0.2, 0) is 0 Å². The number of imidazole rings is 1. The Kier molecular flexibility index (Phi) is 2.37. The predicted molar refractivity (Wildman–Crippen MR) is 70.4 cm³/mol. The molecule has 0 saturated heterocycles. The topological polar surface area (TPSA) is 17.3 Å². The first-order valence-corrected chi connectivity index (χ1v) is 5.83. The van der Waals surface area contributed by atoms with Crippen LogP contribution in [0.4, 0.5) is 0 Å². The van der Waals surface area contributed by atoms with Crippen molar-refractivity contribution in [3.63, 3.8) is 0 Å². The number of halogens is 1. The van der Waals surface area contributed by atoms with Gasteiger partial charge in [-0.15, -0.1) is 0 Å². The molecule has 0 amide bonds. The number of fused-ring (bicyclic) bond motifs is 1. The van der Waals surface area contributed by atoms with E-state index in [1.54, 1.807) is 0 Å². The Balaban J connectivity index is 2.26. The Labute approximate surface area is 104 Å². The molecule has 0 N–H and O–H groups in total. The van der Waals surface area contributed by atoms with E-state index < -0.39 is 0 Å². The summed E-state index contributed by atoms with van der Waals surface area (Å²) in [7, 11) is 0. The summed E-state index contributed by atoms with van der Waals surface area (Å²) >= 11 is 6.18. The minimum atomic E-state index is 0.730. The molecule has 3 rings (SSSR count). The highest BCUT2D eigenvalue weighted by molar-refractivity contribution is 6.33. The molecule has 0 radical (unpaired) electrons. The van der Waals surface area contributed by atoms with E-state index in [-0.39, 0.29) is 0 Å². The van der Waals surface area contributed by atoms with Gasteiger partial charge in [0.05, 0.1) is 10.7 Å². The van der Waals surface area contributed by atoms with Crippen molar-refractivity contribution in [1.29, 1.82) is 0 Å². The van der Waals surface area contributed by atoms with Crippen molar-refractivity contribution < 1.29 is 0 Å². The highest BCUT2D eigenvalue weighted by Gasteiger charge is 2.08. The second-order valence-electron chi connectivity index (χ2n) is 4.03. The van der Waals surface area contributed by atoms with Crippen molar-refractivity contribution in [2.75, 3.05) is 0 Å². The van der Waals surface area contributed by atoms with Crippen molar-refractivity contribution in [3.05, 3.63) is 59.4 Å². The van der Waals surface area contributed by atoms with Crippen LogP contribution in [0.2, 0.25) is 5.02 Å². The predicted octanol–water partition coefficient (Wildman–Crippen LogP) is 3.96. The van der Waals surface area contributed by atoms with E-state index in [0.717, 1.165) is 27.5 Å². The Morgan fingerprint density at radius 1 is 1.12 bits per heavy atom. The first-order chi connectivity index (χ1) is 8.25. The zero-order chi connectivity index (χ0) is 11.8. The quantitative estimate of drug-likeness (QED) is 0.631. The van der Waals surface area contributed by atoms with Crippen molar-refractivity contribution in [2.45, 2.75) is 6.92 Å². The zero-order valence-electron chi connectivity index (χ0n) is 9.39. The summed E-state index contributed by atoms with van der Waals surface area (Å²) in [6.45, 7) is 2.05. The van der Waals surface area contributed by atoms with Crippen molar-refractivity contribution >= 4 is 17.2 Å². The Bertz CT molecular complexity index is 686. The fourth-order valence-electron chi connectivity index (χ4n) is 1.95. The summed E-state index contributed by atoms with van der Waals surface area (Å²) in [5, 5.41) is 0.730. The average molecular weight is 243 g/mol. The molecule has 0 saturated carbocycles. The van der Waals surface area contributed by atoms with Gasteiger partial charge in [-0.25, -0.2) is 4.98 Å². The first-order valence-electron chi connectivity index (χ1n) is 5.45. The van der Waals surface area contributed by atoms with Crippen LogP contribution in [0.5, 0.6) is 0 Å². The molecule has 0 atom stereocenters. The van der Waals surface area contributed by atoms with Crippen LogP contribution in [-0.4, -0.2) is 9.38 Å². The molecule has 2 aromatic heterocycles. The van der Waals surface area contributed by atoms with Gasteiger partial charge < -0.3 is 4.40 Å². The molecule has 0 aliphatic carbocycles. The summed E-state index contributed by atoms with van der Waals surface area (Å²) in [6.07, 6.45) is 4.00. The van der Waals surface area contributed by atoms with Crippen molar-refractivity contribution in [2.24, 2.45) is 0 Å². The fraction of sp³-hybridized carbons (Fsp3) is 0.0714. The fourth-order valence-corrected chi connectivity index (χ4v) is 2.18. The minimum Gasteiger partial charge on any atom is -0.306 e. The molecule has 3 heteroatoms. The van der Waals surface area contributed by atoms with E-state index in [1.165, 1.54) is 0 Å². The second kappa shape index (κ2) is 3.90. The van der Waals surface area contributed by atoms with E-state index in [2.05, 4.69) is 18.0 Å². The number of benzene rings is 1. The van der Waals surface area contributed by atoms with Gasteiger partial charge in [-0.1, -0.05) is 35.9 Å². The van der Waals surface area contributed by atoms with Crippen LogP contribution < -0.4 is 0 Å². The molecule has 2 heterocycles. The molecule has 2 nitrogen and oxygen atoms in total. The average Bonchev–Trinajstić information content (AvgIpc) is 2.75. The SMILES string of the molecule is Cc1cccn2cc(-c3ccccc3Cl)nc12. The standard InChI is InChI=1S/C14H11ClN2/c1-10-5-4-8-17-9-13(16-14(10)17)11-6-2-3-7-12(11)15/h2-9H,1H3. The highest BCUT2D eigenvalue weighted by Crippen LogP contribution is 2.27.